The summed E-state index contributed by atoms with van der Waals surface area (Å²) in [7, 11) is 0. The largest absolute Gasteiger partial charge is 0.336 e. The zero-order valence-corrected chi connectivity index (χ0v) is 16.9. The van der Waals surface area contributed by atoms with Crippen LogP contribution < -0.4 is 0 Å². The molecule has 1 amide bonds. The summed E-state index contributed by atoms with van der Waals surface area (Å²) < 4.78 is 0. The van der Waals surface area contributed by atoms with Crippen molar-refractivity contribution in [2.45, 2.75) is 12.8 Å². The number of nitrogens with zero attached hydrogens (tertiary/aromatic N) is 4. The SMILES string of the molecule is N#CCCCN1CCN(C(=O)c2ccc(-c3cc(-c4ccccc4)n[nH]3)cc2)CC1. The summed E-state index contributed by atoms with van der Waals surface area (Å²) in [6.45, 7) is 4.12. The number of benzene rings is 2. The van der Waals surface area contributed by atoms with Gasteiger partial charge in [-0.2, -0.15) is 10.4 Å². The number of carbonyl (C=O) groups is 1. The van der Waals surface area contributed by atoms with Crippen LogP contribution in [0.15, 0.2) is 60.7 Å². The minimum atomic E-state index is 0.0767. The van der Waals surface area contributed by atoms with Crippen LogP contribution in [0, 0.1) is 11.3 Å². The highest BCUT2D eigenvalue weighted by Crippen LogP contribution is 2.24. The average molecular weight is 399 g/mol. The number of amides is 1. The monoisotopic (exact) mass is 399 g/mol. The first-order valence-corrected chi connectivity index (χ1v) is 10.3. The number of carbonyl (C=O) groups excluding carboxylic acids is 1. The van der Waals surface area contributed by atoms with E-state index < -0.39 is 0 Å². The third kappa shape index (κ3) is 4.58. The Morgan fingerprint density at radius 3 is 2.43 bits per heavy atom. The summed E-state index contributed by atoms with van der Waals surface area (Å²) in [6, 6.07) is 22.0. The molecule has 1 aliphatic rings. The number of nitriles is 1. The molecular formula is C24H25N5O. The molecule has 1 aromatic heterocycles. The lowest BCUT2D eigenvalue weighted by Crippen LogP contribution is -2.48. The molecule has 4 rings (SSSR count). The molecule has 0 radical (unpaired) electrons. The van der Waals surface area contributed by atoms with Crippen molar-refractivity contribution in [3.05, 3.63) is 66.2 Å². The van der Waals surface area contributed by atoms with Crippen LogP contribution in [0.4, 0.5) is 0 Å². The fraction of sp³-hybridized carbons (Fsp3) is 0.292. The van der Waals surface area contributed by atoms with E-state index in [4.69, 9.17) is 5.26 Å². The van der Waals surface area contributed by atoms with Crippen molar-refractivity contribution in [1.82, 2.24) is 20.0 Å². The van der Waals surface area contributed by atoms with Crippen molar-refractivity contribution in [3.8, 4) is 28.6 Å². The molecule has 0 atom stereocenters. The van der Waals surface area contributed by atoms with E-state index in [0.717, 1.165) is 61.7 Å². The van der Waals surface area contributed by atoms with Gasteiger partial charge in [-0.15, -0.1) is 0 Å². The van der Waals surface area contributed by atoms with Crippen LogP contribution in [0.25, 0.3) is 22.5 Å². The highest BCUT2D eigenvalue weighted by molar-refractivity contribution is 5.94. The quantitative estimate of drug-likeness (QED) is 0.640. The van der Waals surface area contributed by atoms with Gasteiger partial charge in [0, 0.05) is 43.7 Å². The lowest BCUT2D eigenvalue weighted by molar-refractivity contribution is 0.0636. The van der Waals surface area contributed by atoms with Crippen molar-refractivity contribution in [3.63, 3.8) is 0 Å². The number of piperazine rings is 1. The second-order valence-electron chi connectivity index (χ2n) is 7.51. The number of nitrogens with one attached hydrogen (secondary N) is 1. The van der Waals surface area contributed by atoms with E-state index in [1.807, 2.05) is 65.6 Å². The maximum absolute atomic E-state index is 12.8. The number of aromatic amines is 1. The predicted octanol–water partition coefficient (Wildman–Crippen LogP) is 3.81. The summed E-state index contributed by atoms with van der Waals surface area (Å²) in [5.41, 5.74) is 4.61. The molecule has 1 fully saturated rings. The topological polar surface area (TPSA) is 76.0 Å². The number of rotatable bonds is 6. The highest BCUT2D eigenvalue weighted by atomic mass is 16.2. The van der Waals surface area contributed by atoms with E-state index in [1.54, 1.807) is 0 Å². The third-order valence-corrected chi connectivity index (χ3v) is 5.51. The van der Waals surface area contributed by atoms with Crippen molar-refractivity contribution < 1.29 is 4.79 Å². The van der Waals surface area contributed by atoms with E-state index in [0.29, 0.717) is 12.0 Å². The van der Waals surface area contributed by atoms with Gasteiger partial charge in [0.25, 0.3) is 5.91 Å². The Morgan fingerprint density at radius 2 is 1.73 bits per heavy atom. The van der Waals surface area contributed by atoms with E-state index in [-0.39, 0.29) is 5.91 Å². The minimum Gasteiger partial charge on any atom is -0.336 e. The zero-order chi connectivity index (χ0) is 20.8. The number of unbranched alkanes of at least 4 members (excludes halogenated alkanes) is 1. The van der Waals surface area contributed by atoms with Crippen LogP contribution in [0.2, 0.25) is 0 Å². The first-order chi connectivity index (χ1) is 14.7. The van der Waals surface area contributed by atoms with Gasteiger partial charge in [-0.1, -0.05) is 42.5 Å². The maximum atomic E-state index is 12.8. The lowest BCUT2D eigenvalue weighted by Gasteiger charge is -2.34. The van der Waals surface area contributed by atoms with Crippen LogP contribution in [0.1, 0.15) is 23.2 Å². The van der Waals surface area contributed by atoms with Gasteiger partial charge in [0.15, 0.2) is 0 Å². The molecule has 2 heterocycles. The predicted molar refractivity (Wildman–Crippen MR) is 117 cm³/mol. The molecule has 0 spiro atoms. The third-order valence-electron chi connectivity index (χ3n) is 5.51. The normalized spacial score (nSPS) is 14.4. The standard InChI is InChI=1S/C24H25N5O/c25-12-4-5-13-28-14-16-29(17-15-28)24(30)21-10-8-20(9-11-21)23-18-22(26-27-23)19-6-2-1-3-7-19/h1-3,6-11,18H,4-5,13-17H2,(H,26,27). The van der Waals surface area contributed by atoms with Gasteiger partial charge >= 0.3 is 0 Å². The van der Waals surface area contributed by atoms with Gasteiger partial charge in [0.1, 0.15) is 0 Å². The molecule has 0 bridgehead atoms. The van der Waals surface area contributed by atoms with Crippen molar-refractivity contribution in [1.29, 1.82) is 5.26 Å². The molecule has 1 aliphatic heterocycles. The molecule has 0 saturated carbocycles. The molecular weight excluding hydrogens is 374 g/mol. The van der Waals surface area contributed by atoms with Crippen LogP contribution in [0.3, 0.4) is 0 Å². The first-order valence-electron chi connectivity index (χ1n) is 10.3. The molecule has 6 nitrogen and oxygen atoms in total. The van der Waals surface area contributed by atoms with Crippen molar-refractivity contribution in [2.75, 3.05) is 32.7 Å². The van der Waals surface area contributed by atoms with Gasteiger partial charge in [-0.3, -0.25) is 14.8 Å². The fourth-order valence-corrected chi connectivity index (χ4v) is 3.76. The van der Waals surface area contributed by atoms with Crippen LogP contribution in [-0.2, 0) is 0 Å². The smallest absolute Gasteiger partial charge is 0.253 e. The van der Waals surface area contributed by atoms with Gasteiger partial charge < -0.3 is 4.90 Å². The molecule has 3 aromatic rings. The van der Waals surface area contributed by atoms with E-state index in [2.05, 4.69) is 21.2 Å². The Bertz CT molecular complexity index is 1010. The van der Waals surface area contributed by atoms with Gasteiger partial charge in [-0.05, 0) is 36.7 Å². The summed E-state index contributed by atoms with van der Waals surface area (Å²) in [6.07, 6.45) is 1.49. The second kappa shape index (κ2) is 9.38. The molecule has 152 valence electrons. The van der Waals surface area contributed by atoms with E-state index in [9.17, 15) is 4.79 Å². The van der Waals surface area contributed by atoms with Crippen molar-refractivity contribution in [2.24, 2.45) is 0 Å². The highest BCUT2D eigenvalue weighted by Gasteiger charge is 2.21. The molecule has 2 aromatic carbocycles. The van der Waals surface area contributed by atoms with E-state index in [1.165, 1.54) is 0 Å². The van der Waals surface area contributed by atoms with Gasteiger partial charge in [0.2, 0.25) is 0 Å². The molecule has 0 aliphatic carbocycles. The average Bonchev–Trinajstić information content (AvgIpc) is 3.30. The molecule has 6 heteroatoms. The number of hydrogen-bond acceptors (Lipinski definition) is 4. The van der Waals surface area contributed by atoms with E-state index >= 15 is 0 Å². The first kappa shape index (κ1) is 19.9. The summed E-state index contributed by atoms with van der Waals surface area (Å²) in [4.78, 5) is 17.1. The Balaban J connectivity index is 1.37. The Kier molecular flexibility index (Phi) is 6.21. The zero-order valence-electron chi connectivity index (χ0n) is 16.9. The Morgan fingerprint density at radius 1 is 1.00 bits per heavy atom. The number of hydrogen-bond donors (Lipinski definition) is 1. The maximum Gasteiger partial charge on any atom is 0.253 e. The van der Waals surface area contributed by atoms with Crippen LogP contribution >= 0.6 is 0 Å². The number of aromatic nitrogens is 2. The van der Waals surface area contributed by atoms with Crippen molar-refractivity contribution >= 4 is 5.91 Å². The molecule has 1 saturated heterocycles. The van der Waals surface area contributed by atoms with Crippen LogP contribution in [-0.4, -0.2) is 58.6 Å². The van der Waals surface area contributed by atoms with Gasteiger partial charge in [0.05, 0.1) is 17.5 Å². The summed E-state index contributed by atoms with van der Waals surface area (Å²) >= 11 is 0. The lowest BCUT2D eigenvalue weighted by atomic mass is 10.1. The summed E-state index contributed by atoms with van der Waals surface area (Å²) in [5, 5.41) is 16.1. The minimum absolute atomic E-state index is 0.0767. The van der Waals surface area contributed by atoms with Gasteiger partial charge in [-0.25, -0.2) is 0 Å². The number of H-pyrrole nitrogens is 1. The Labute approximate surface area is 176 Å². The fourth-order valence-electron chi connectivity index (χ4n) is 3.76. The second-order valence-corrected chi connectivity index (χ2v) is 7.51. The summed E-state index contributed by atoms with van der Waals surface area (Å²) in [5.74, 6) is 0.0767. The molecule has 0 unspecified atom stereocenters. The molecule has 30 heavy (non-hydrogen) atoms. The molecule has 1 N–H and O–H groups in total. The Hall–Kier alpha value is -3.43. The van der Waals surface area contributed by atoms with Crippen LogP contribution in [0.5, 0.6) is 0 Å².